The number of anilines is 1. The lowest BCUT2D eigenvalue weighted by molar-refractivity contribution is -0.384. The Balaban J connectivity index is 2.22. The normalized spacial score (nSPS) is 11.0. The van der Waals surface area contributed by atoms with E-state index in [0.29, 0.717) is 6.54 Å². The molecule has 1 N–H and O–H groups in total. The average Bonchev–Trinajstić information content (AvgIpc) is 2.66. The summed E-state index contributed by atoms with van der Waals surface area (Å²) < 4.78 is 0. The summed E-state index contributed by atoms with van der Waals surface area (Å²) in [4.78, 5) is 24.7. The lowest BCUT2D eigenvalue weighted by Crippen LogP contribution is -2.27. The number of halogens is 1. The van der Waals surface area contributed by atoms with Gasteiger partial charge < -0.3 is 10.2 Å². The molecule has 0 saturated carbocycles. The number of rotatable bonds is 7. The summed E-state index contributed by atoms with van der Waals surface area (Å²) in [5.41, 5.74) is 0.789. The lowest BCUT2D eigenvalue weighted by atomic mass is 10.2. The third-order valence-electron chi connectivity index (χ3n) is 3.93. The Bertz CT molecular complexity index is 936. The minimum Gasteiger partial charge on any atom is -0.369 e. The lowest BCUT2D eigenvalue weighted by Gasteiger charge is -2.25. The minimum atomic E-state index is -0.655. The zero-order valence-electron chi connectivity index (χ0n) is 15.4. The van der Waals surface area contributed by atoms with Crippen LogP contribution in [0.4, 0.5) is 11.4 Å². The number of hydrogen-bond acceptors (Lipinski definition) is 5. The van der Waals surface area contributed by atoms with Crippen molar-refractivity contribution in [2.75, 3.05) is 5.32 Å². The van der Waals surface area contributed by atoms with Crippen molar-refractivity contribution in [2.45, 2.75) is 26.4 Å². The van der Waals surface area contributed by atoms with E-state index < -0.39 is 10.8 Å². The van der Waals surface area contributed by atoms with E-state index in [1.54, 1.807) is 0 Å². The largest absolute Gasteiger partial charge is 0.369 e. The standard InChI is InChI=1S/C20H19ClN4O3/c1-14(2)24(12-15-6-4-3-5-7-15)13-16(11-22)20(26)23-17-8-9-18(21)19(10-17)25(27)28/h3-10,13-14H,12H2,1-2H3,(H,23,26)/b16-13-. The molecule has 0 spiro atoms. The Morgan fingerprint density at radius 3 is 2.57 bits per heavy atom. The molecule has 7 nitrogen and oxygen atoms in total. The maximum atomic E-state index is 12.5. The summed E-state index contributed by atoms with van der Waals surface area (Å²) in [5.74, 6) is -0.655. The Hall–Kier alpha value is -3.37. The van der Waals surface area contributed by atoms with Gasteiger partial charge in [0.25, 0.3) is 11.6 Å². The quantitative estimate of drug-likeness (QED) is 0.320. The van der Waals surface area contributed by atoms with E-state index in [1.165, 1.54) is 18.3 Å². The Kier molecular flexibility index (Phi) is 7.13. The smallest absolute Gasteiger partial charge is 0.289 e. The van der Waals surface area contributed by atoms with Gasteiger partial charge in [0.2, 0.25) is 0 Å². The second-order valence-corrected chi connectivity index (χ2v) is 6.69. The maximum Gasteiger partial charge on any atom is 0.289 e. The van der Waals surface area contributed by atoms with Gasteiger partial charge in [-0.1, -0.05) is 41.9 Å². The van der Waals surface area contributed by atoms with Crippen LogP contribution < -0.4 is 5.32 Å². The topological polar surface area (TPSA) is 99.3 Å². The highest BCUT2D eigenvalue weighted by molar-refractivity contribution is 6.32. The fourth-order valence-corrected chi connectivity index (χ4v) is 2.59. The second kappa shape index (κ2) is 9.53. The third-order valence-corrected chi connectivity index (χ3v) is 4.25. The molecule has 0 fully saturated rings. The Labute approximate surface area is 168 Å². The average molecular weight is 399 g/mol. The van der Waals surface area contributed by atoms with Crippen LogP contribution in [0.2, 0.25) is 5.02 Å². The fraction of sp³-hybridized carbons (Fsp3) is 0.200. The first-order chi connectivity index (χ1) is 13.3. The molecule has 8 heteroatoms. The minimum absolute atomic E-state index is 0.0344. The van der Waals surface area contributed by atoms with Crippen LogP contribution in [0.3, 0.4) is 0 Å². The van der Waals surface area contributed by atoms with Gasteiger partial charge in [0, 0.05) is 30.5 Å². The van der Waals surface area contributed by atoms with Gasteiger partial charge in [-0.05, 0) is 31.5 Å². The van der Waals surface area contributed by atoms with Crippen LogP contribution in [0.5, 0.6) is 0 Å². The highest BCUT2D eigenvalue weighted by Gasteiger charge is 2.17. The molecule has 2 rings (SSSR count). The van der Waals surface area contributed by atoms with Crippen molar-refractivity contribution in [3.05, 3.63) is 81.0 Å². The van der Waals surface area contributed by atoms with Gasteiger partial charge in [0.15, 0.2) is 0 Å². The van der Waals surface area contributed by atoms with E-state index in [-0.39, 0.29) is 28.0 Å². The van der Waals surface area contributed by atoms with Crippen LogP contribution in [0.15, 0.2) is 60.3 Å². The number of nitro benzene ring substituents is 1. The number of nitriles is 1. The van der Waals surface area contributed by atoms with Crippen molar-refractivity contribution in [2.24, 2.45) is 0 Å². The SMILES string of the molecule is CC(C)N(/C=C(/C#N)C(=O)Nc1ccc(Cl)c([N+](=O)[O-])c1)Cc1ccccc1. The molecule has 0 radical (unpaired) electrons. The molecule has 0 unspecified atom stereocenters. The Morgan fingerprint density at radius 2 is 2.00 bits per heavy atom. The van der Waals surface area contributed by atoms with E-state index in [9.17, 15) is 20.2 Å². The number of amides is 1. The summed E-state index contributed by atoms with van der Waals surface area (Å²) in [6.07, 6.45) is 1.50. The number of nitrogens with zero attached hydrogens (tertiary/aromatic N) is 3. The van der Waals surface area contributed by atoms with Gasteiger partial charge in [-0.2, -0.15) is 5.26 Å². The summed E-state index contributed by atoms with van der Waals surface area (Å²) in [6.45, 7) is 4.44. The molecule has 0 aliphatic heterocycles. The first kappa shape index (κ1) is 20.9. The van der Waals surface area contributed by atoms with Crippen molar-refractivity contribution in [1.82, 2.24) is 4.90 Å². The molecule has 1 amide bonds. The van der Waals surface area contributed by atoms with Crippen LogP contribution in [-0.4, -0.2) is 21.8 Å². The number of nitrogens with one attached hydrogen (secondary N) is 1. The zero-order valence-corrected chi connectivity index (χ0v) is 16.2. The van der Waals surface area contributed by atoms with E-state index in [1.807, 2.05) is 55.1 Å². The third kappa shape index (κ3) is 5.56. The molecular formula is C20H19ClN4O3. The second-order valence-electron chi connectivity index (χ2n) is 6.28. The van der Waals surface area contributed by atoms with Gasteiger partial charge in [-0.25, -0.2) is 0 Å². The predicted molar refractivity (Wildman–Crippen MR) is 108 cm³/mol. The highest BCUT2D eigenvalue weighted by atomic mass is 35.5. The van der Waals surface area contributed by atoms with Gasteiger partial charge >= 0.3 is 0 Å². The molecule has 0 aliphatic rings. The number of benzene rings is 2. The summed E-state index contributed by atoms with van der Waals surface area (Å²) >= 11 is 5.77. The van der Waals surface area contributed by atoms with Crippen molar-refractivity contribution in [3.8, 4) is 6.07 Å². The van der Waals surface area contributed by atoms with Crippen LogP contribution in [0.25, 0.3) is 0 Å². The monoisotopic (exact) mass is 398 g/mol. The zero-order chi connectivity index (χ0) is 20.7. The van der Waals surface area contributed by atoms with E-state index in [0.717, 1.165) is 11.6 Å². The molecular weight excluding hydrogens is 380 g/mol. The number of nitro groups is 1. The van der Waals surface area contributed by atoms with E-state index >= 15 is 0 Å². The molecule has 28 heavy (non-hydrogen) atoms. The fourth-order valence-electron chi connectivity index (χ4n) is 2.40. The van der Waals surface area contributed by atoms with Crippen molar-refractivity contribution in [1.29, 1.82) is 5.26 Å². The maximum absolute atomic E-state index is 12.5. The van der Waals surface area contributed by atoms with Crippen molar-refractivity contribution >= 4 is 28.9 Å². The summed E-state index contributed by atoms with van der Waals surface area (Å²) in [6, 6.07) is 15.5. The number of carbonyl (C=O) groups excluding carboxylic acids is 1. The highest BCUT2D eigenvalue weighted by Crippen LogP contribution is 2.27. The van der Waals surface area contributed by atoms with Gasteiger partial charge in [-0.15, -0.1) is 0 Å². The number of hydrogen-bond donors (Lipinski definition) is 1. The van der Waals surface area contributed by atoms with Gasteiger partial charge in [0.05, 0.1) is 4.92 Å². The van der Waals surface area contributed by atoms with E-state index in [4.69, 9.17) is 11.6 Å². The molecule has 2 aromatic carbocycles. The van der Waals surface area contributed by atoms with Gasteiger partial charge in [-0.3, -0.25) is 14.9 Å². The molecule has 0 aliphatic carbocycles. The molecule has 0 aromatic heterocycles. The Morgan fingerprint density at radius 1 is 1.32 bits per heavy atom. The first-order valence-corrected chi connectivity index (χ1v) is 8.86. The predicted octanol–water partition coefficient (Wildman–Crippen LogP) is 4.50. The van der Waals surface area contributed by atoms with Crippen molar-refractivity contribution < 1.29 is 9.72 Å². The van der Waals surface area contributed by atoms with Gasteiger partial charge in [0.1, 0.15) is 16.7 Å². The van der Waals surface area contributed by atoms with Crippen LogP contribution in [0.1, 0.15) is 19.4 Å². The molecule has 0 atom stereocenters. The summed E-state index contributed by atoms with van der Waals surface area (Å²) in [7, 11) is 0. The molecule has 0 saturated heterocycles. The summed E-state index contributed by atoms with van der Waals surface area (Å²) in [5, 5.41) is 22.9. The molecule has 2 aromatic rings. The number of carbonyl (C=O) groups is 1. The van der Waals surface area contributed by atoms with Crippen molar-refractivity contribution in [3.63, 3.8) is 0 Å². The van der Waals surface area contributed by atoms with Crippen LogP contribution in [-0.2, 0) is 11.3 Å². The molecule has 144 valence electrons. The molecule has 0 heterocycles. The first-order valence-electron chi connectivity index (χ1n) is 8.48. The van der Waals surface area contributed by atoms with Crippen LogP contribution >= 0.6 is 11.6 Å². The van der Waals surface area contributed by atoms with Crippen LogP contribution in [0, 0.1) is 21.4 Å². The molecule has 0 bridgehead atoms. The van der Waals surface area contributed by atoms with E-state index in [2.05, 4.69) is 5.32 Å².